The number of hydrogen-bond acceptors (Lipinski definition) is 3. The molecule has 0 spiro atoms. The van der Waals surface area contributed by atoms with Crippen LogP contribution in [0.25, 0.3) is 0 Å². The van der Waals surface area contributed by atoms with E-state index < -0.39 is 0 Å². The Morgan fingerprint density at radius 3 is 2.29 bits per heavy atom. The van der Waals surface area contributed by atoms with Gasteiger partial charge in [0.05, 0.1) is 6.10 Å². The minimum absolute atomic E-state index is 0.00954. The van der Waals surface area contributed by atoms with Gasteiger partial charge in [-0.3, -0.25) is 4.79 Å². The summed E-state index contributed by atoms with van der Waals surface area (Å²) in [7, 11) is 0. The molecule has 1 unspecified atom stereocenters. The summed E-state index contributed by atoms with van der Waals surface area (Å²) in [6.45, 7) is 5.43. The van der Waals surface area contributed by atoms with Crippen LogP contribution in [0.3, 0.4) is 0 Å². The van der Waals surface area contributed by atoms with Gasteiger partial charge in [0.1, 0.15) is 5.78 Å². The Hall–Kier alpha value is -0.860. The van der Waals surface area contributed by atoms with Gasteiger partial charge in [0.2, 0.25) is 0 Å². The Labute approximate surface area is 85.8 Å². The molecule has 0 bridgehead atoms. The van der Waals surface area contributed by atoms with E-state index >= 15 is 0 Å². The highest BCUT2D eigenvalue weighted by Crippen LogP contribution is 2.04. The van der Waals surface area contributed by atoms with Gasteiger partial charge in [-0.25, -0.2) is 0 Å². The molecule has 0 N–H and O–H groups in total. The maximum Gasteiger partial charge on any atom is 0.306 e. The highest BCUT2D eigenvalue weighted by Gasteiger charge is 2.06. The fraction of sp³-hybridized carbons (Fsp3) is 0.818. The molecule has 0 aliphatic heterocycles. The number of ketones is 1. The van der Waals surface area contributed by atoms with E-state index in [1.165, 1.54) is 0 Å². The van der Waals surface area contributed by atoms with Crippen molar-refractivity contribution in [2.24, 2.45) is 0 Å². The van der Waals surface area contributed by atoms with Gasteiger partial charge in [0.15, 0.2) is 0 Å². The number of esters is 1. The van der Waals surface area contributed by atoms with Crippen LogP contribution < -0.4 is 0 Å². The molecule has 0 saturated carbocycles. The van der Waals surface area contributed by atoms with Crippen LogP contribution in [-0.2, 0) is 14.3 Å². The average molecular weight is 200 g/mol. The minimum atomic E-state index is -0.150. The molecule has 0 fully saturated rings. The first-order valence-electron chi connectivity index (χ1n) is 5.25. The first-order valence-corrected chi connectivity index (χ1v) is 5.25. The monoisotopic (exact) mass is 200 g/mol. The fourth-order valence-corrected chi connectivity index (χ4v) is 1.01. The maximum atomic E-state index is 11.1. The van der Waals surface area contributed by atoms with E-state index in [1.807, 2.05) is 13.8 Å². The van der Waals surface area contributed by atoms with Crippen molar-refractivity contribution in [2.75, 3.05) is 0 Å². The third-order valence-corrected chi connectivity index (χ3v) is 2.07. The van der Waals surface area contributed by atoms with Gasteiger partial charge >= 0.3 is 5.97 Å². The topological polar surface area (TPSA) is 43.4 Å². The highest BCUT2D eigenvalue weighted by atomic mass is 16.5. The summed E-state index contributed by atoms with van der Waals surface area (Å²) in [5.74, 6) is 0.0307. The van der Waals surface area contributed by atoms with Crippen molar-refractivity contribution in [1.29, 1.82) is 0 Å². The van der Waals surface area contributed by atoms with Crippen molar-refractivity contribution in [1.82, 2.24) is 0 Å². The van der Waals surface area contributed by atoms with Gasteiger partial charge in [0, 0.05) is 12.8 Å². The molecule has 3 nitrogen and oxygen atoms in total. The smallest absolute Gasteiger partial charge is 0.306 e. The summed E-state index contributed by atoms with van der Waals surface area (Å²) in [6, 6.07) is 0. The number of hydrogen-bond donors (Lipinski definition) is 0. The van der Waals surface area contributed by atoms with Crippen LogP contribution in [-0.4, -0.2) is 17.9 Å². The second-order valence-corrected chi connectivity index (χ2v) is 3.62. The number of ether oxygens (including phenoxy) is 1. The molecule has 0 aromatic rings. The third-order valence-electron chi connectivity index (χ3n) is 2.07. The Morgan fingerprint density at radius 2 is 1.79 bits per heavy atom. The molecule has 0 rings (SSSR count). The molecular weight excluding hydrogens is 180 g/mol. The number of rotatable bonds is 7. The minimum Gasteiger partial charge on any atom is -0.463 e. The molecule has 0 aliphatic carbocycles. The lowest BCUT2D eigenvalue weighted by molar-refractivity contribution is -0.148. The van der Waals surface area contributed by atoms with E-state index in [0.717, 1.165) is 19.3 Å². The molecule has 0 heterocycles. The summed E-state index contributed by atoms with van der Waals surface area (Å²) in [6.07, 6.45) is 3.38. The normalized spacial score (nSPS) is 12.2. The molecule has 0 saturated heterocycles. The lowest BCUT2D eigenvalue weighted by Gasteiger charge is -2.10. The number of unbranched alkanes of at least 4 members (excludes halogenated alkanes) is 1. The molecule has 3 heteroatoms. The summed E-state index contributed by atoms with van der Waals surface area (Å²) in [5, 5.41) is 0. The first-order chi connectivity index (χ1) is 6.56. The van der Waals surface area contributed by atoms with Crippen LogP contribution in [0.2, 0.25) is 0 Å². The van der Waals surface area contributed by atoms with E-state index in [0.29, 0.717) is 12.8 Å². The van der Waals surface area contributed by atoms with Crippen molar-refractivity contribution < 1.29 is 14.3 Å². The summed E-state index contributed by atoms with van der Waals surface area (Å²) in [4.78, 5) is 21.7. The van der Waals surface area contributed by atoms with Crippen LogP contribution >= 0.6 is 0 Å². The summed E-state index contributed by atoms with van der Waals surface area (Å²) >= 11 is 0. The predicted octanol–water partition coefficient (Wildman–Crippen LogP) is 2.48. The molecule has 1 atom stereocenters. The van der Waals surface area contributed by atoms with Crippen molar-refractivity contribution in [3.8, 4) is 0 Å². The van der Waals surface area contributed by atoms with Gasteiger partial charge in [-0.05, 0) is 33.1 Å². The molecule has 0 aromatic carbocycles. The molecule has 82 valence electrons. The van der Waals surface area contributed by atoms with Gasteiger partial charge in [0.25, 0.3) is 0 Å². The molecule has 0 aliphatic rings. The predicted molar refractivity (Wildman–Crippen MR) is 55.0 cm³/mol. The maximum absolute atomic E-state index is 11.1. The van der Waals surface area contributed by atoms with Gasteiger partial charge in [-0.2, -0.15) is 0 Å². The quantitative estimate of drug-likeness (QED) is 0.468. The number of carbonyl (C=O) groups excluding carboxylic acids is 2. The zero-order valence-corrected chi connectivity index (χ0v) is 9.34. The van der Waals surface area contributed by atoms with Gasteiger partial charge in [-0.15, -0.1) is 0 Å². The Bertz CT molecular complexity index is 187. The second-order valence-electron chi connectivity index (χ2n) is 3.62. The van der Waals surface area contributed by atoms with E-state index in [1.54, 1.807) is 6.92 Å². The fourth-order valence-electron chi connectivity index (χ4n) is 1.01. The van der Waals surface area contributed by atoms with Crippen LogP contribution in [0.1, 0.15) is 52.9 Å². The van der Waals surface area contributed by atoms with Gasteiger partial charge in [-0.1, -0.05) is 6.92 Å². The molecule has 0 radical (unpaired) electrons. The van der Waals surface area contributed by atoms with Gasteiger partial charge < -0.3 is 9.53 Å². The third kappa shape index (κ3) is 7.77. The molecular formula is C11H20O3. The zero-order chi connectivity index (χ0) is 11.0. The number of Topliss-reactive ketones (excluding diaryl/α,β-unsaturated/α-hetero) is 1. The van der Waals surface area contributed by atoms with E-state index in [-0.39, 0.29) is 17.9 Å². The van der Waals surface area contributed by atoms with E-state index in [2.05, 4.69) is 0 Å². The van der Waals surface area contributed by atoms with Crippen LogP contribution in [0.4, 0.5) is 0 Å². The number of carbonyl (C=O) groups is 2. The van der Waals surface area contributed by atoms with Crippen LogP contribution in [0, 0.1) is 0 Å². The lowest BCUT2D eigenvalue weighted by Crippen LogP contribution is -2.13. The van der Waals surface area contributed by atoms with Crippen LogP contribution in [0.15, 0.2) is 0 Å². The first kappa shape index (κ1) is 13.1. The van der Waals surface area contributed by atoms with Crippen molar-refractivity contribution in [3.05, 3.63) is 0 Å². The SMILES string of the molecule is CCC(C)OC(=O)CCCCC(C)=O. The Kier molecular flexibility index (Phi) is 7.07. The summed E-state index contributed by atoms with van der Waals surface area (Å²) in [5.41, 5.74) is 0. The largest absolute Gasteiger partial charge is 0.463 e. The van der Waals surface area contributed by atoms with Crippen molar-refractivity contribution in [2.45, 2.75) is 59.0 Å². The highest BCUT2D eigenvalue weighted by molar-refractivity contribution is 5.75. The average Bonchev–Trinajstić information content (AvgIpc) is 2.12. The van der Waals surface area contributed by atoms with Crippen molar-refractivity contribution in [3.63, 3.8) is 0 Å². The Balaban J connectivity index is 3.40. The van der Waals surface area contributed by atoms with E-state index in [9.17, 15) is 9.59 Å². The second kappa shape index (κ2) is 7.54. The summed E-state index contributed by atoms with van der Waals surface area (Å²) < 4.78 is 5.08. The zero-order valence-electron chi connectivity index (χ0n) is 9.34. The molecule has 0 amide bonds. The molecule has 14 heavy (non-hydrogen) atoms. The van der Waals surface area contributed by atoms with Crippen molar-refractivity contribution >= 4 is 11.8 Å². The Morgan fingerprint density at radius 1 is 1.21 bits per heavy atom. The lowest BCUT2D eigenvalue weighted by atomic mass is 10.1. The standard InChI is InChI=1S/C11H20O3/c1-4-10(3)14-11(13)8-6-5-7-9(2)12/h10H,4-8H2,1-3H3. The van der Waals surface area contributed by atoms with Crippen LogP contribution in [0.5, 0.6) is 0 Å². The van der Waals surface area contributed by atoms with E-state index in [4.69, 9.17) is 4.74 Å². The molecule has 0 aromatic heterocycles.